The largest absolute Gasteiger partial charge is 0.371 e. The third kappa shape index (κ3) is 5.74. The molecule has 0 unspecified atom stereocenters. The lowest BCUT2D eigenvalue weighted by atomic mass is 9.97. The van der Waals surface area contributed by atoms with Gasteiger partial charge in [-0.15, -0.1) is 0 Å². The number of amides is 2. The van der Waals surface area contributed by atoms with Crippen molar-refractivity contribution in [2.45, 2.75) is 26.4 Å². The van der Waals surface area contributed by atoms with Crippen LogP contribution in [0.5, 0.6) is 0 Å². The van der Waals surface area contributed by atoms with Crippen LogP contribution in [0, 0.1) is 13.8 Å². The van der Waals surface area contributed by atoms with Crippen molar-refractivity contribution in [2.24, 2.45) is 0 Å². The first kappa shape index (κ1) is 21.2. The Balaban J connectivity index is 1.46. The minimum Gasteiger partial charge on any atom is -0.371 e. The molecule has 3 rings (SSSR count). The molecule has 0 saturated heterocycles. The second-order valence-corrected chi connectivity index (χ2v) is 8.61. The van der Waals surface area contributed by atoms with Gasteiger partial charge in [0.15, 0.2) is 0 Å². The monoisotopic (exact) mass is 414 g/mol. The SMILES string of the molecule is Cc1cccc(C)c1NC(=O)C[S@](=O)CC(=O)NC[C@H]1OCCc2ccccc21. The summed E-state index contributed by atoms with van der Waals surface area (Å²) >= 11 is 0. The fraction of sp³-hybridized carbons (Fsp3) is 0.364. The van der Waals surface area contributed by atoms with E-state index in [1.165, 1.54) is 5.56 Å². The molecule has 1 heterocycles. The summed E-state index contributed by atoms with van der Waals surface area (Å²) in [6, 6.07) is 13.7. The summed E-state index contributed by atoms with van der Waals surface area (Å²) in [5, 5.41) is 5.57. The summed E-state index contributed by atoms with van der Waals surface area (Å²) < 4.78 is 18.0. The van der Waals surface area contributed by atoms with Crippen LogP contribution in [0.4, 0.5) is 5.69 Å². The first-order valence-corrected chi connectivity index (χ1v) is 11.1. The average molecular weight is 415 g/mol. The van der Waals surface area contributed by atoms with E-state index in [1.807, 2.05) is 50.2 Å². The summed E-state index contributed by atoms with van der Waals surface area (Å²) in [5.41, 5.74) is 4.91. The summed E-state index contributed by atoms with van der Waals surface area (Å²) in [6.45, 7) is 4.74. The first-order chi connectivity index (χ1) is 13.9. The lowest BCUT2D eigenvalue weighted by molar-refractivity contribution is -0.119. The van der Waals surface area contributed by atoms with Gasteiger partial charge >= 0.3 is 0 Å². The molecule has 0 radical (unpaired) electrons. The van der Waals surface area contributed by atoms with Crippen LogP contribution < -0.4 is 10.6 Å². The number of benzene rings is 2. The maximum atomic E-state index is 12.2. The predicted molar refractivity (Wildman–Crippen MR) is 114 cm³/mol. The van der Waals surface area contributed by atoms with E-state index < -0.39 is 10.8 Å². The van der Waals surface area contributed by atoms with Crippen molar-refractivity contribution in [3.8, 4) is 0 Å². The highest BCUT2D eigenvalue weighted by molar-refractivity contribution is 7.86. The van der Waals surface area contributed by atoms with E-state index in [4.69, 9.17) is 4.74 Å². The molecule has 1 aliphatic rings. The zero-order valence-electron chi connectivity index (χ0n) is 16.7. The van der Waals surface area contributed by atoms with Crippen LogP contribution >= 0.6 is 0 Å². The third-order valence-electron chi connectivity index (χ3n) is 4.91. The van der Waals surface area contributed by atoms with Gasteiger partial charge in [0.2, 0.25) is 11.8 Å². The molecule has 154 valence electrons. The van der Waals surface area contributed by atoms with Crippen LogP contribution in [0.2, 0.25) is 0 Å². The highest BCUT2D eigenvalue weighted by atomic mass is 32.2. The molecule has 0 saturated carbocycles. The fourth-order valence-corrected chi connectivity index (χ4v) is 4.30. The fourth-order valence-electron chi connectivity index (χ4n) is 3.43. The van der Waals surface area contributed by atoms with Crippen LogP contribution in [-0.2, 0) is 31.5 Å². The Hall–Kier alpha value is -2.51. The van der Waals surface area contributed by atoms with Gasteiger partial charge in [0.05, 0.1) is 6.61 Å². The number of anilines is 1. The van der Waals surface area contributed by atoms with E-state index in [-0.39, 0.29) is 29.4 Å². The van der Waals surface area contributed by atoms with Crippen molar-refractivity contribution in [3.63, 3.8) is 0 Å². The van der Waals surface area contributed by atoms with Gasteiger partial charge in [-0.05, 0) is 42.5 Å². The van der Waals surface area contributed by atoms with Crippen LogP contribution in [0.15, 0.2) is 42.5 Å². The zero-order chi connectivity index (χ0) is 20.8. The Morgan fingerprint density at radius 3 is 2.48 bits per heavy atom. The molecule has 2 amide bonds. The van der Waals surface area contributed by atoms with E-state index in [1.54, 1.807) is 0 Å². The van der Waals surface area contributed by atoms with E-state index in [2.05, 4.69) is 16.7 Å². The molecule has 0 aliphatic carbocycles. The maximum absolute atomic E-state index is 12.2. The van der Waals surface area contributed by atoms with E-state index >= 15 is 0 Å². The van der Waals surface area contributed by atoms with Crippen molar-refractivity contribution in [1.29, 1.82) is 0 Å². The number of hydrogen-bond acceptors (Lipinski definition) is 4. The summed E-state index contributed by atoms with van der Waals surface area (Å²) in [4.78, 5) is 24.4. The van der Waals surface area contributed by atoms with Crippen LogP contribution in [0.3, 0.4) is 0 Å². The summed E-state index contributed by atoms with van der Waals surface area (Å²) in [6.07, 6.45) is 0.657. The highest BCUT2D eigenvalue weighted by Gasteiger charge is 2.21. The van der Waals surface area contributed by atoms with Crippen LogP contribution in [-0.4, -0.2) is 40.7 Å². The molecule has 2 atom stereocenters. The Kier molecular flexibility index (Phi) is 7.17. The third-order valence-corrected chi connectivity index (χ3v) is 6.08. The predicted octanol–water partition coefficient (Wildman–Crippen LogP) is 2.42. The Labute approximate surface area is 173 Å². The average Bonchev–Trinajstić information content (AvgIpc) is 2.69. The second-order valence-electron chi connectivity index (χ2n) is 7.16. The molecular weight excluding hydrogens is 388 g/mol. The van der Waals surface area contributed by atoms with Gasteiger partial charge in [-0.3, -0.25) is 13.8 Å². The molecule has 2 aromatic carbocycles. The Bertz CT molecular complexity index is 909. The number of nitrogens with one attached hydrogen (secondary N) is 2. The molecule has 0 aromatic heterocycles. The van der Waals surface area contributed by atoms with Crippen molar-refractivity contribution >= 4 is 28.3 Å². The van der Waals surface area contributed by atoms with Gasteiger partial charge in [-0.25, -0.2) is 0 Å². The number of ether oxygens (including phenoxy) is 1. The van der Waals surface area contributed by atoms with Crippen molar-refractivity contribution < 1.29 is 18.5 Å². The molecule has 0 fully saturated rings. The van der Waals surface area contributed by atoms with Gasteiger partial charge in [-0.1, -0.05) is 42.5 Å². The quantitative estimate of drug-likeness (QED) is 0.729. The molecule has 0 spiro atoms. The molecular formula is C22H26N2O4S. The van der Waals surface area contributed by atoms with Crippen molar-refractivity contribution in [3.05, 3.63) is 64.7 Å². The molecule has 6 nitrogen and oxygen atoms in total. The van der Waals surface area contributed by atoms with Crippen LogP contribution in [0.1, 0.15) is 28.4 Å². The van der Waals surface area contributed by atoms with E-state index in [9.17, 15) is 13.8 Å². The normalized spacial score (nSPS) is 16.6. The zero-order valence-corrected chi connectivity index (χ0v) is 17.5. The van der Waals surface area contributed by atoms with Gasteiger partial charge in [-0.2, -0.15) is 0 Å². The number of aryl methyl sites for hydroxylation is 2. The summed E-state index contributed by atoms with van der Waals surface area (Å²) in [5.74, 6) is -1.15. The Morgan fingerprint density at radius 1 is 1.03 bits per heavy atom. The number of carbonyl (C=O) groups excluding carboxylic acids is 2. The van der Waals surface area contributed by atoms with Gasteiger partial charge in [0, 0.05) is 23.0 Å². The second kappa shape index (κ2) is 9.80. The Morgan fingerprint density at radius 2 is 1.72 bits per heavy atom. The summed E-state index contributed by atoms with van der Waals surface area (Å²) in [7, 11) is -1.58. The highest BCUT2D eigenvalue weighted by Crippen LogP contribution is 2.26. The number of carbonyl (C=O) groups is 2. The number of para-hydroxylation sites is 1. The lowest BCUT2D eigenvalue weighted by Gasteiger charge is -2.26. The molecule has 29 heavy (non-hydrogen) atoms. The number of hydrogen-bond donors (Lipinski definition) is 2. The standard InChI is InChI=1S/C22H26N2O4S/c1-15-6-5-7-16(2)22(15)24-21(26)14-29(27)13-20(25)23-12-19-18-9-4-3-8-17(18)10-11-28-19/h3-9,19H,10-14H2,1-2H3,(H,23,25)(H,24,26)/t19-,29-/m1/s1. The smallest absolute Gasteiger partial charge is 0.237 e. The van der Waals surface area contributed by atoms with Gasteiger partial charge < -0.3 is 15.4 Å². The van der Waals surface area contributed by atoms with Crippen molar-refractivity contribution in [1.82, 2.24) is 5.32 Å². The first-order valence-electron chi connectivity index (χ1n) is 9.61. The lowest BCUT2D eigenvalue weighted by Crippen LogP contribution is -2.35. The molecule has 2 N–H and O–H groups in total. The van der Waals surface area contributed by atoms with Crippen LogP contribution in [0.25, 0.3) is 0 Å². The molecule has 7 heteroatoms. The van der Waals surface area contributed by atoms with Gasteiger partial charge in [0.1, 0.15) is 17.6 Å². The molecule has 1 aliphatic heterocycles. The topological polar surface area (TPSA) is 84.5 Å². The molecule has 0 bridgehead atoms. The minimum absolute atomic E-state index is 0.204. The van der Waals surface area contributed by atoms with E-state index in [0.29, 0.717) is 13.2 Å². The minimum atomic E-state index is -1.58. The maximum Gasteiger partial charge on any atom is 0.237 e. The van der Waals surface area contributed by atoms with Crippen molar-refractivity contribution in [2.75, 3.05) is 30.0 Å². The van der Waals surface area contributed by atoms with E-state index in [0.717, 1.165) is 28.8 Å². The van der Waals surface area contributed by atoms with Gasteiger partial charge in [0.25, 0.3) is 0 Å². The number of fused-ring (bicyclic) bond motifs is 1. The molecule has 2 aromatic rings. The number of rotatable bonds is 7.